The third-order valence-corrected chi connectivity index (χ3v) is 3.12. The molecule has 0 atom stereocenters. The number of hydrogen-bond donors (Lipinski definition) is 0. The SMILES string of the molecule is [CH-]1CCC2(C1)CCCC2.[Li+]. The van der Waals surface area contributed by atoms with Gasteiger partial charge in [-0.15, -0.1) is 0 Å². The molecule has 10 heavy (non-hydrogen) atoms. The van der Waals surface area contributed by atoms with Crippen molar-refractivity contribution in [3.8, 4) is 0 Å². The molecule has 2 aliphatic rings. The van der Waals surface area contributed by atoms with Gasteiger partial charge in [0.05, 0.1) is 0 Å². The average Bonchev–Trinajstić information content (AvgIpc) is 2.45. The molecule has 0 N–H and O–H groups in total. The van der Waals surface area contributed by atoms with Crippen molar-refractivity contribution >= 4 is 0 Å². The fraction of sp³-hybridized carbons (Fsp3) is 0.889. The van der Waals surface area contributed by atoms with Crippen LogP contribution in [0.25, 0.3) is 0 Å². The molecule has 0 radical (unpaired) electrons. The molecule has 0 heterocycles. The Morgan fingerprint density at radius 2 is 1.70 bits per heavy atom. The normalized spacial score (nSPS) is 28.8. The monoisotopic (exact) mass is 130 g/mol. The van der Waals surface area contributed by atoms with Crippen molar-refractivity contribution in [2.45, 2.75) is 44.9 Å². The van der Waals surface area contributed by atoms with Gasteiger partial charge in [-0.1, -0.05) is 37.5 Å². The summed E-state index contributed by atoms with van der Waals surface area (Å²) in [5.41, 5.74) is 0.833. The number of rotatable bonds is 0. The van der Waals surface area contributed by atoms with Crippen molar-refractivity contribution in [3.05, 3.63) is 6.42 Å². The molecule has 2 saturated carbocycles. The Hall–Kier alpha value is 0.597. The first-order chi connectivity index (χ1) is 4.41. The van der Waals surface area contributed by atoms with E-state index in [1.54, 1.807) is 0 Å². The fourth-order valence-corrected chi connectivity index (χ4v) is 2.50. The molecular weight excluding hydrogens is 115 g/mol. The molecule has 0 nitrogen and oxygen atoms in total. The van der Waals surface area contributed by atoms with Gasteiger partial charge in [-0.2, -0.15) is 12.8 Å². The Morgan fingerprint density at radius 1 is 1.00 bits per heavy atom. The first-order valence-electron chi connectivity index (χ1n) is 4.23. The quantitative estimate of drug-likeness (QED) is 0.318. The zero-order valence-electron chi connectivity index (χ0n) is 7.03. The van der Waals surface area contributed by atoms with Gasteiger partial charge < -0.3 is 6.42 Å². The summed E-state index contributed by atoms with van der Waals surface area (Å²) in [6, 6.07) is 0. The summed E-state index contributed by atoms with van der Waals surface area (Å²) in [5, 5.41) is 0. The van der Waals surface area contributed by atoms with Crippen LogP contribution < -0.4 is 18.9 Å². The van der Waals surface area contributed by atoms with E-state index in [0.29, 0.717) is 0 Å². The van der Waals surface area contributed by atoms with E-state index in [0.717, 1.165) is 5.41 Å². The van der Waals surface area contributed by atoms with Crippen LogP contribution in [0.3, 0.4) is 0 Å². The molecule has 2 fully saturated rings. The molecule has 0 aromatic carbocycles. The van der Waals surface area contributed by atoms with Gasteiger partial charge in [0.15, 0.2) is 0 Å². The maximum Gasteiger partial charge on any atom is 1.00 e. The predicted octanol–water partition coefficient (Wildman–Crippen LogP) is -0.0610. The fourth-order valence-electron chi connectivity index (χ4n) is 2.50. The molecule has 52 valence electrons. The van der Waals surface area contributed by atoms with Crippen LogP contribution in [0.1, 0.15) is 44.9 Å². The van der Waals surface area contributed by atoms with Crippen molar-refractivity contribution in [2.24, 2.45) is 5.41 Å². The van der Waals surface area contributed by atoms with Crippen LogP contribution in [-0.2, 0) is 0 Å². The first-order valence-corrected chi connectivity index (χ1v) is 4.23. The van der Waals surface area contributed by atoms with E-state index in [1.807, 2.05) is 0 Å². The molecule has 0 bridgehead atoms. The van der Waals surface area contributed by atoms with Crippen LogP contribution in [0.5, 0.6) is 0 Å². The second kappa shape index (κ2) is 3.33. The zero-order chi connectivity index (χ0) is 6.16. The van der Waals surface area contributed by atoms with Crippen LogP contribution in [0, 0.1) is 11.8 Å². The summed E-state index contributed by atoms with van der Waals surface area (Å²) >= 11 is 0. The van der Waals surface area contributed by atoms with Gasteiger partial charge in [-0.05, 0) is 0 Å². The molecule has 2 aliphatic carbocycles. The minimum Gasteiger partial charge on any atom is -0.328 e. The topological polar surface area (TPSA) is 0 Å². The molecule has 1 spiro atoms. The molecule has 2 rings (SSSR count). The Kier molecular flexibility index (Phi) is 2.89. The van der Waals surface area contributed by atoms with Gasteiger partial charge in [-0.3, -0.25) is 0 Å². The summed E-state index contributed by atoms with van der Waals surface area (Å²) in [6.45, 7) is 0. The van der Waals surface area contributed by atoms with Gasteiger partial charge in [0, 0.05) is 0 Å². The van der Waals surface area contributed by atoms with E-state index in [1.165, 1.54) is 44.9 Å². The first kappa shape index (κ1) is 8.69. The molecule has 1 heteroatoms. The Bertz CT molecular complexity index is 79.8. The van der Waals surface area contributed by atoms with Crippen molar-refractivity contribution in [3.63, 3.8) is 0 Å². The van der Waals surface area contributed by atoms with E-state index in [4.69, 9.17) is 0 Å². The maximum atomic E-state index is 2.49. The van der Waals surface area contributed by atoms with Crippen LogP contribution in [0.4, 0.5) is 0 Å². The van der Waals surface area contributed by atoms with E-state index in [2.05, 4.69) is 6.42 Å². The molecule has 0 aromatic heterocycles. The van der Waals surface area contributed by atoms with Crippen molar-refractivity contribution < 1.29 is 18.9 Å². The minimum atomic E-state index is 0. The predicted molar refractivity (Wildman–Crippen MR) is 39.1 cm³/mol. The summed E-state index contributed by atoms with van der Waals surface area (Å²) in [5.74, 6) is 0. The van der Waals surface area contributed by atoms with Crippen molar-refractivity contribution in [2.75, 3.05) is 0 Å². The number of hydrogen-bond acceptors (Lipinski definition) is 0. The summed E-state index contributed by atoms with van der Waals surface area (Å²) in [4.78, 5) is 0. The molecule has 0 unspecified atom stereocenters. The summed E-state index contributed by atoms with van der Waals surface area (Å²) in [6.07, 6.45) is 12.9. The van der Waals surface area contributed by atoms with Gasteiger partial charge in [0.1, 0.15) is 0 Å². The second-order valence-corrected chi connectivity index (χ2v) is 3.74. The van der Waals surface area contributed by atoms with Crippen molar-refractivity contribution in [1.82, 2.24) is 0 Å². The van der Waals surface area contributed by atoms with Gasteiger partial charge in [0.25, 0.3) is 0 Å². The third kappa shape index (κ3) is 1.43. The summed E-state index contributed by atoms with van der Waals surface area (Å²) in [7, 11) is 0. The Morgan fingerprint density at radius 3 is 2.20 bits per heavy atom. The standard InChI is InChI=1S/C9H15.Li/c1-2-6-9(5-1)7-3-4-8-9;/h1H,2-8H2;/q-1;+1. The summed E-state index contributed by atoms with van der Waals surface area (Å²) < 4.78 is 0. The van der Waals surface area contributed by atoms with E-state index in [-0.39, 0.29) is 18.9 Å². The van der Waals surface area contributed by atoms with Crippen LogP contribution in [0.2, 0.25) is 0 Å². The molecular formula is C9H15Li. The Balaban J connectivity index is 0.000000500. The van der Waals surface area contributed by atoms with E-state index >= 15 is 0 Å². The van der Waals surface area contributed by atoms with E-state index in [9.17, 15) is 0 Å². The van der Waals surface area contributed by atoms with Crippen LogP contribution >= 0.6 is 0 Å². The largest absolute Gasteiger partial charge is 1.00 e. The third-order valence-electron chi connectivity index (χ3n) is 3.12. The molecule has 0 aromatic rings. The Labute approximate surface area is 75.9 Å². The van der Waals surface area contributed by atoms with Gasteiger partial charge >= 0.3 is 18.9 Å². The zero-order valence-corrected chi connectivity index (χ0v) is 7.03. The molecule has 0 amide bonds. The van der Waals surface area contributed by atoms with Crippen LogP contribution in [0.15, 0.2) is 0 Å². The smallest absolute Gasteiger partial charge is 0.328 e. The molecule has 0 aliphatic heterocycles. The van der Waals surface area contributed by atoms with Crippen molar-refractivity contribution in [1.29, 1.82) is 0 Å². The second-order valence-electron chi connectivity index (χ2n) is 3.74. The molecule has 0 saturated heterocycles. The van der Waals surface area contributed by atoms with Gasteiger partial charge in [0.2, 0.25) is 0 Å². The van der Waals surface area contributed by atoms with Gasteiger partial charge in [-0.25, -0.2) is 0 Å². The van der Waals surface area contributed by atoms with E-state index < -0.39 is 0 Å². The van der Waals surface area contributed by atoms with Crippen LogP contribution in [-0.4, -0.2) is 0 Å². The maximum absolute atomic E-state index is 2.49. The minimum absolute atomic E-state index is 0. The average molecular weight is 130 g/mol.